The quantitative estimate of drug-likeness (QED) is 0.228. The van der Waals surface area contributed by atoms with Gasteiger partial charge in [0.2, 0.25) is 5.91 Å². The topological polar surface area (TPSA) is 65.5 Å². The lowest BCUT2D eigenvalue weighted by Gasteiger charge is -2.22. The summed E-state index contributed by atoms with van der Waals surface area (Å²) < 4.78 is 0.946. The van der Waals surface area contributed by atoms with Gasteiger partial charge in [-0.1, -0.05) is 100 Å². The van der Waals surface area contributed by atoms with Crippen LogP contribution in [0.2, 0.25) is 5.02 Å². The molecule has 0 fully saturated rings. The normalized spacial score (nSPS) is 15.0. The van der Waals surface area contributed by atoms with E-state index in [1.807, 2.05) is 97.1 Å². The van der Waals surface area contributed by atoms with Crippen molar-refractivity contribution in [3.05, 3.63) is 140 Å². The van der Waals surface area contributed by atoms with Crippen LogP contribution in [-0.4, -0.2) is 21.6 Å². The Labute approximate surface area is 238 Å². The predicted octanol–water partition coefficient (Wildman–Crippen LogP) is 7.53. The fraction of sp³-hybridized carbons (Fsp3) is 0.0938. The third-order valence-electron chi connectivity index (χ3n) is 6.95. The number of carbonyl (C=O) groups is 1. The molecule has 0 aliphatic carbocycles. The molecule has 0 saturated heterocycles. The van der Waals surface area contributed by atoms with Crippen molar-refractivity contribution in [3.8, 4) is 11.1 Å². The van der Waals surface area contributed by atoms with E-state index in [0.29, 0.717) is 28.2 Å². The summed E-state index contributed by atoms with van der Waals surface area (Å²) in [6.45, 7) is 0. The second-order valence-electron chi connectivity index (χ2n) is 9.48. The average Bonchev–Trinajstić information content (AvgIpc) is 3.39. The van der Waals surface area contributed by atoms with Gasteiger partial charge in [-0.05, 0) is 47.0 Å². The monoisotopic (exact) mass is 595 g/mol. The number of amides is 1. The number of aromatic nitrogens is 1. The number of fused-ring (bicyclic) bond motifs is 1. The standard InChI is InChI=1S/C32H23BrClN3O2/c33-23-13-11-21(12-14-23)28-19-27(36-37(28)29(38)17-20-7-3-1-4-8-20)31-30(22-9-5-2-6-10-22)25-18-24(34)15-16-26(25)35-32(31)39/h1-16,18,28H,17,19H2,(H,35,39). The zero-order valence-electron chi connectivity index (χ0n) is 20.8. The molecule has 4 aromatic carbocycles. The SMILES string of the molecule is O=C(Cc1ccccc1)N1N=C(c2c(-c3ccccc3)c3cc(Cl)ccc3[nH]c2=O)CC1c1ccc(Br)cc1. The molecule has 39 heavy (non-hydrogen) atoms. The van der Waals surface area contributed by atoms with Crippen molar-refractivity contribution in [3.63, 3.8) is 0 Å². The maximum absolute atomic E-state index is 13.7. The number of pyridine rings is 1. The number of hydrazone groups is 1. The van der Waals surface area contributed by atoms with E-state index in [9.17, 15) is 9.59 Å². The molecule has 1 unspecified atom stereocenters. The molecular weight excluding hydrogens is 574 g/mol. The van der Waals surface area contributed by atoms with E-state index in [2.05, 4.69) is 20.9 Å². The Kier molecular flexibility index (Phi) is 6.90. The summed E-state index contributed by atoms with van der Waals surface area (Å²) in [6.07, 6.45) is 0.608. The molecule has 7 heteroatoms. The minimum Gasteiger partial charge on any atom is -0.321 e. The molecule has 5 aromatic rings. The summed E-state index contributed by atoms with van der Waals surface area (Å²) in [5.74, 6) is -0.134. The van der Waals surface area contributed by atoms with Crippen LogP contribution in [0.3, 0.4) is 0 Å². The van der Waals surface area contributed by atoms with E-state index in [1.54, 1.807) is 11.1 Å². The van der Waals surface area contributed by atoms with Gasteiger partial charge >= 0.3 is 0 Å². The number of hydrogen-bond donors (Lipinski definition) is 1. The first kappa shape index (κ1) is 25.3. The van der Waals surface area contributed by atoms with Crippen LogP contribution >= 0.6 is 27.5 Å². The maximum atomic E-state index is 13.7. The lowest BCUT2D eigenvalue weighted by molar-refractivity contribution is -0.132. The van der Waals surface area contributed by atoms with E-state index in [-0.39, 0.29) is 23.9 Å². The molecule has 0 bridgehead atoms. The van der Waals surface area contributed by atoms with Crippen LogP contribution in [0.5, 0.6) is 0 Å². The molecule has 5 nitrogen and oxygen atoms in total. The van der Waals surface area contributed by atoms with Crippen molar-refractivity contribution < 1.29 is 4.79 Å². The number of aromatic amines is 1. The van der Waals surface area contributed by atoms with E-state index in [0.717, 1.165) is 32.1 Å². The van der Waals surface area contributed by atoms with Crippen molar-refractivity contribution in [2.75, 3.05) is 0 Å². The lowest BCUT2D eigenvalue weighted by Crippen LogP contribution is -2.28. The number of nitrogens with zero attached hydrogens (tertiary/aromatic N) is 2. The molecule has 0 radical (unpaired) electrons. The number of benzene rings is 4. The zero-order valence-corrected chi connectivity index (χ0v) is 23.1. The highest BCUT2D eigenvalue weighted by Gasteiger charge is 2.35. The van der Waals surface area contributed by atoms with Crippen molar-refractivity contribution in [1.82, 2.24) is 9.99 Å². The summed E-state index contributed by atoms with van der Waals surface area (Å²) >= 11 is 9.91. The van der Waals surface area contributed by atoms with Gasteiger partial charge in [0.1, 0.15) is 0 Å². The van der Waals surface area contributed by atoms with Crippen LogP contribution in [0.15, 0.2) is 117 Å². The molecule has 1 amide bonds. The molecule has 1 N–H and O–H groups in total. The first-order chi connectivity index (χ1) is 19.0. The number of halogens is 2. The summed E-state index contributed by atoms with van der Waals surface area (Å²) in [4.78, 5) is 30.3. The number of rotatable bonds is 5. The highest BCUT2D eigenvalue weighted by molar-refractivity contribution is 9.10. The van der Waals surface area contributed by atoms with Gasteiger partial charge in [-0.2, -0.15) is 5.10 Å². The van der Waals surface area contributed by atoms with Crippen molar-refractivity contribution in [1.29, 1.82) is 0 Å². The average molecular weight is 597 g/mol. The first-order valence-electron chi connectivity index (χ1n) is 12.6. The molecule has 6 rings (SSSR count). The number of carbonyl (C=O) groups excluding carboxylic acids is 1. The van der Waals surface area contributed by atoms with Gasteiger partial charge in [0.25, 0.3) is 5.56 Å². The molecule has 1 aliphatic heterocycles. The Morgan fingerprint density at radius 3 is 2.33 bits per heavy atom. The second kappa shape index (κ2) is 10.6. The molecule has 2 heterocycles. The van der Waals surface area contributed by atoms with Crippen molar-refractivity contribution in [2.45, 2.75) is 18.9 Å². The highest BCUT2D eigenvalue weighted by atomic mass is 79.9. The molecule has 1 aromatic heterocycles. The van der Waals surface area contributed by atoms with Gasteiger partial charge < -0.3 is 4.98 Å². The molecular formula is C32H23BrClN3O2. The third kappa shape index (κ3) is 5.05. The van der Waals surface area contributed by atoms with Gasteiger partial charge in [-0.3, -0.25) is 9.59 Å². The van der Waals surface area contributed by atoms with E-state index in [4.69, 9.17) is 16.7 Å². The second-order valence-corrected chi connectivity index (χ2v) is 10.8. The zero-order chi connectivity index (χ0) is 26.9. The van der Waals surface area contributed by atoms with Gasteiger partial charge in [-0.15, -0.1) is 0 Å². The van der Waals surface area contributed by atoms with Crippen LogP contribution in [-0.2, 0) is 11.2 Å². The summed E-state index contributed by atoms with van der Waals surface area (Å²) in [5, 5.41) is 7.78. The Morgan fingerprint density at radius 2 is 1.62 bits per heavy atom. The van der Waals surface area contributed by atoms with E-state index in [1.165, 1.54) is 0 Å². The smallest absolute Gasteiger partial charge is 0.258 e. The van der Waals surface area contributed by atoms with Crippen LogP contribution in [0, 0.1) is 0 Å². The Hall–Kier alpha value is -4.00. The molecule has 1 aliphatic rings. The number of hydrogen-bond acceptors (Lipinski definition) is 3. The predicted molar refractivity (Wildman–Crippen MR) is 160 cm³/mol. The van der Waals surface area contributed by atoms with Gasteiger partial charge in [0.15, 0.2) is 0 Å². The fourth-order valence-electron chi connectivity index (χ4n) is 5.13. The van der Waals surface area contributed by atoms with Crippen LogP contribution in [0.4, 0.5) is 0 Å². The Balaban J connectivity index is 1.52. The van der Waals surface area contributed by atoms with E-state index >= 15 is 0 Å². The Morgan fingerprint density at radius 1 is 0.923 bits per heavy atom. The lowest BCUT2D eigenvalue weighted by atomic mass is 9.91. The third-order valence-corrected chi connectivity index (χ3v) is 7.71. The van der Waals surface area contributed by atoms with Crippen LogP contribution in [0.1, 0.15) is 29.2 Å². The fourth-order valence-corrected chi connectivity index (χ4v) is 5.57. The van der Waals surface area contributed by atoms with Gasteiger partial charge in [0, 0.05) is 32.4 Å². The van der Waals surface area contributed by atoms with Gasteiger partial charge in [0.05, 0.1) is 23.7 Å². The Bertz CT molecular complexity index is 1770. The van der Waals surface area contributed by atoms with E-state index < -0.39 is 0 Å². The minimum absolute atomic E-state index is 0.134. The summed E-state index contributed by atoms with van der Waals surface area (Å²) in [6, 6.07) is 32.3. The number of H-pyrrole nitrogens is 1. The minimum atomic E-state index is -0.345. The largest absolute Gasteiger partial charge is 0.321 e. The van der Waals surface area contributed by atoms with Gasteiger partial charge in [-0.25, -0.2) is 5.01 Å². The molecule has 192 valence electrons. The van der Waals surface area contributed by atoms with Crippen molar-refractivity contribution in [2.24, 2.45) is 5.10 Å². The molecule has 0 spiro atoms. The summed E-state index contributed by atoms with van der Waals surface area (Å²) in [5.41, 5.74) is 4.93. The molecule has 0 saturated carbocycles. The highest BCUT2D eigenvalue weighted by Crippen LogP contribution is 2.38. The van der Waals surface area contributed by atoms with Crippen LogP contribution < -0.4 is 5.56 Å². The van der Waals surface area contributed by atoms with Crippen LogP contribution in [0.25, 0.3) is 22.0 Å². The number of nitrogens with one attached hydrogen (secondary N) is 1. The maximum Gasteiger partial charge on any atom is 0.258 e. The first-order valence-corrected chi connectivity index (χ1v) is 13.8. The molecule has 1 atom stereocenters. The van der Waals surface area contributed by atoms with Crippen molar-refractivity contribution >= 4 is 50.1 Å². The summed E-state index contributed by atoms with van der Waals surface area (Å²) in [7, 11) is 0.